The Morgan fingerprint density at radius 1 is 1.37 bits per heavy atom. The largest absolute Gasteiger partial charge is 0.351 e. The zero-order chi connectivity index (χ0) is 13.8. The Morgan fingerprint density at radius 3 is 2.58 bits per heavy atom. The predicted molar refractivity (Wildman–Crippen MR) is 75.3 cm³/mol. The number of hydrogen-bond donors (Lipinski definition) is 0. The van der Waals surface area contributed by atoms with E-state index in [2.05, 4.69) is 17.3 Å². The minimum atomic E-state index is -0.158. The number of hydrogen-bond acceptors (Lipinski definition) is 4. The standard InChI is InChI=1S/C14H16N2O2S/c1-10-8-13(18-15-10)14(17)16(2)9-11-4-6-12(19-3)7-5-11/h4-8H,9H2,1-3H3. The number of nitrogens with zero attached hydrogens (tertiary/aromatic N) is 2. The lowest BCUT2D eigenvalue weighted by atomic mass is 10.2. The molecule has 100 valence electrons. The molecule has 1 heterocycles. The van der Waals surface area contributed by atoms with Crippen LogP contribution in [-0.2, 0) is 6.54 Å². The molecule has 5 heteroatoms. The molecule has 0 fully saturated rings. The van der Waals surface area contributed by atoms with Crippen LogP contribution in [0, 0.1) is 6.92 Å². The van der Waals surface area contributed by atoms with E-state index in [0.29, 0.717) is 12.2 Å². The lowest BCUT2D eigenvalue weighted by molar-refractivity contribution is 0.0743. The van der Waals surface area contributed by atoms with Gasteiger partial charge in [-0.05, 0) is 30.9 Å². The molecule has 1 amide bonds. The first-order chi connectivity index (χ1) is 9.10. The summed E-state index contributed by atoms with van der Waals surface area (Å²) in [7, 11) is 1.75. The van der Waals surface area contributed by atoms with Crippen molar-refractivity contribution < 1.29 is 9.32 Å². The van der Waals surface area contributed by atoms with Crippen LogP contribution in [0.5, 0.6) is 0 Å². The van der Waals surface area contributed by atoms with Gasteiger partial charge in [-0.1, -0.05) is 17.3 Å². The third kappa shape index (κ3) is 3.38. The molecule has 4 nitrogen and oxygen atoms in total. The van der Waals surface area contributed by atoms with Gasteiger partial charge in [0, 0.05) is 24.6 Å². The van der Waals surface area contributed by atoms with Gasteiger partial charge in [0.2, 0.25) is 5.76 Å². The van der Waals surface area contributed by atoms with Gasteiger partial charge in [-0.3, -0.25) is 4.79 Å². The second kappa shape index (κ2) is 5.93. The van der Waals surface area contributed by atoms with E-state index in [9.17, 15) is 4.79 Å². The molecule has 1 aromatic carbocycles. The van der Waals surface area contributed by atoms with E-state index in [0.717, 1.165) is 5.56 Å². The molecule has 0 unspecified atom stereocenters. The molecule has 19 heavy (non-hydrogen) atoms. The second-order valence-corrected chi connectivity index (χ2v) is 5.22. The molecule has 0 aliphatic heterocycles. The number of rotatable bonds is 4. The molecule has 2 aromatic rings. The summed E-state index contributed by atoms with van der Waals surface area (Å²) < 4.78 is 4.98. The zero-order valence-corrected chi connectivity index (χ0v) is 12.0. The number of amides is 1. The highest BCUT2D eigenvalue weighted by Gasteiger charge is 2.16. The Labute approximate surface area is 116 Å². The third-order valence-electron chi connectivity index (χ3n) is 2.76. The first-order valence-electron chi connectivity index (χ1n) is 5.92. The van der Waals surface area contributed by atoms with E-state index in [1.54, 1.807) is 36.7 Å². The topological polar surface area (TPSA) is 46.3 Å². The normalized spacial score (nSPS) is 10.5. The van der Waals surface area contributed by atoms with Crippen molar-refractivity contribution in [1.29, 1.82) is 0 Å². The molecule has 0 saturated heterocycles. The lowest BCUT2D eigenvalue weighted by Gasteiger charge is -2.15. The van der Waals surface area contributed by atoms with Crippen LogP contribution < -0.4 is 0 Å². The van der Waals surface area contributed by atoms with E-state index in [1.165, 1.54) is 4.90 Å². The summed E-state index contributed by atoms with van der Waals surface area (Å²) in [6.07, 6.45) is 2.04. The van der Waals surface area contributed by atoms with E-state index < -0.39 is 0 Å². The minimum Gasteiger partial charge on any atom is -0.351 e. The first kappa shape index (κ1) is 13.7. The van der Waals surface area contributed by atoms with Crippen molar-refractivity contribution in [2.45, 2.75) is 18.4 Å². The van der Waals surface area contributed by atoms with Crippen molar-refractivity contribution >= 4 is 17.7 Å². The highest BCUT2D eigenvalue weighted by Crippen LogP contribution is 2.16. The average Bonchev–Trinajstić information content (AvgIpc) is 2.85. The van der Waals surface area contributed by atoms with Crippen LogP contribution in [-0.4, -0.2) is 29.3 Å². The van der Waals surface area contributed by atoms with Crippen LogP contribution in [0.2, 0.25) is 0 Å². The number of carbonyl (C=O) groups is 1. The third-order valence-corrected chi connectivity index (χ3v) is 3.51. The molecule has 0 radical (unpaired) electrons. The van der Waals surface area contributed by atoms with Crippen LogP contribution in [0.1, 0.15) is 21.8 Å². The molecule has 0 saturated carbocycles. The van der Waals surface area contributed by atoms with Gasteiger partial charge in [-0.15, -0.1) is 11.8 Å². The fraction of sp³-hybridized carbons (Fsp3) is 0.286. The van der Waals surface area contributed by atoms with Crippen molar-refractivity contribution in [1.82, 2.24) is 10.1 Å². The quantitative estimate of drug-likeness (QED) is 0.805. The highest BCUT2D eigenvalue weighted by molar-refractivity contribution is 7.98. The molecule has 1 aromatic heterocycles. The molecular formula is C14H16N2O2S. The monoisotopic (exact) mass is 276 g/mol. The van der Waals surface area contributed by atoms with Crippen molar-refractivity contribution in [3.8, 4) is 0 Å². The maximum Gasteiger partial charge on any atom is 0.292 e. The van der Waals surface area contributed by atoms with Gasteiger partial charge in [-0.25, -0.2) is 0 Å². The number of benzene rings is 1. The van der Waals surface area contributed by atoms with Gasteiger partial charge in [0.15, 0.2) is 0 Å². The smallest absolute Gasteiger partial charge is 0.292 e. The predicted octanol–water partition coefficient (Wildman–Crippen LogP) is 2.98. The van der Waals surface area contributed by atoms with Crippen molar-refractivity contribution in [2.24, 2.45) is 0 Å². The summed E-state index contributed by atoms with van der Waals surface area (Å²) in [5.74, 6) is 0.121. The fourth-order valence-electron chi connectivity index (χ4n) is 1.73. The first-order valence-corrected chi connectivity index (χ1v) is 7.14. The fourth-order valence-corrected chi connectivity index (χ4v) is 2.14. The summed E-state index contributed by atoms with van der Waals surface area (Å²) in [5.41, 5.74) is 1.80. The molecule has 0 aliphatic rings. The summed E-state index contributed by atoms with van der Waals surface area (Å²) in [4.78, 5) is 14.9. The molecule has 0 bridgehead atoms. The maximum atomic E-state index is 12.1. The molecule has 0 atom stereocenters. The van der Waals surface area contributed by atoms with Gasteiger partial charge in [0.1, 0.15) is 0 Å². The van der Waals surface area contributed by atoms with Crippen LogP contribution in [0.25, 0.3) is 0 Å². The summed E-state index contributed by atoms with van der Waals surface area (Å²) >= 11 is 1.70. The van der Waals surface area contributed by atoms with E-state index in [1.807, 2.05) is 18.4 Å². The Hall–Kier alpha value is -1.75. The summed E-state index contributed by atoms with van der Waals surface area (Å²) in [5, 5.41) is 3.72. The van der Waals surface area contributed by atoms with Crippen LogP contribution in [0.15, 0.2) is 39.8 Å². The Balaban J connectivity index is 2.03. The number of aromatic nitrogens is 1. The van der Waals surface area contributed by atoms with Gasteiger partial charge < -0.3 is 9.42 Å². The van der Waals surface area contributed by atoms with Crippen LogP contribution in [0.3, 0.4) is 0 Å². The van der Waals surface area contributed by atoms with E-state index in [-0.39, 0.29) is 11.7 Å². The van der Waals surface area contributed by atoms with E-state index >= 15 is 0 Å². The van der Waals surface area contributed by atoms with Crippen LogP contribution in [0.4, 0.5) is 0 Å². The summed E-state index contributed by atoms with van der Waals surface area (Å²) in [6, 6.07) is 9.81. The number of aryl methyl sites for hydroxylation is 1. The second-order valence-electron chi connectivity index (χ2n) is 4.34. The van der Waals surface area contributed by atoms with Crippen molar-refractivity contribution in [3.63, 3.8) is 0 Å². The Morgan fingerprint density at radius 2 is 2.05 bits per heavy atom. The Bertz CT molecular complexity index is 563. The molecular weight excluding hydrogens is 260 g/mol. The van der Waals surface area contributed by atoms with Gasteiger partial charge in [-0.2, -0.15) is 0 Å². The maximum absolute atomic E-state index is 12.1. The minimum absolute atomic E-state index is 0.158. The lowest BCUT2D eigenvalue weighted by Crippen LogP contribution is -2.25. The molecule has 0 N–H and O–H groups in total. The average molecular weight is 276 g/mol. The van der Waals surface area contributed by atoms with Crippen molar-refractivity contribution in [2.75, 3.05) is 13.3 Å². The molecule has 0 aliphatic carbocycles. The van der Waals surface area contributed by atoms with E-state index in [4.69, 9.17) is 4.52 Å². The van der Waals surface area contributed by atoms with Crippen molar-refractivity contribution in [3.05, 3.63) is 47.3 Å². The molecule has 0 spiro atoms. The van der Waals surface area contributed by atoms with Gasteiger partial charge in [0.25, 0.3) is 5.91 Å². The molecule has 2 rings (SSSR count). The Kier molecular flexibility index (Phi) is 4.27. The zero-order valence-electron chi connectivity index (χ0n) is 11.2. The highest BCUT2D eigenvalue weighted by atomic mass is 32.2. The number of thioether (sulfide) groups is 1. The van der Waals surface area contributed by atoms with Crippen LogP contribution >= 0.6 is 11.8 Å². The van der Waals surface area contributed by atoms with Gasteiger partial charge >= 0.3 is 0 Å². The SMILES string of the molecule is CSc1ccc(CN(C)C(=O)c2cc(C)no2)cc1. The summed E-state index contributed by atoms with van der Waals surface area (Å²) in [6.45, 7) is 2.34. The van der Waals surface area contributed by atoms with Gasteiger partial charge in [0.05, 0.1) is 5.69 Å². The number of carbonyl (C=O) groups excluding carboxylic acids is 1.